The molecule has 5 nitrogen and oxygen atoms in total. The van der Waals surface area contributed by atoms with Crippen molar-refractivity contribution in [2.24, 2.45) is 0 Å². The second-order valence-electron chi connectivity index (χ2n) is 3.84. The molecule has 0 unspecified atom stereocenters. The van der Waals surface area contributed by atoms with Crippen LogP contribution >= 0.6 is 0 Å². The van der Waals surface area contributed by atoms with Crippen molar-refractivity contribution in [1.82, 2.24) is 9.97 Å². The topological polar surface area (TPSA) is 85.9 Å². The molecule has 2 aromatic rings. The smallest absolute Gasteiger partial charge is 0.180 e. The lowest BCUT2D eigenvalue weighted by atomic mass is 10.2. The zero-order chi connectivity index (χ0) is 13.0. The summed E-state index contributed by atoms with van der Waals surface area (Å²) >= 11 is 0. The third-order valence-corrected chi connectivity index (χ3v) is 4.31. The molecule has 6 heteroatoms. The number of hydrogen-bond donors (Lipinski definition) is 1. The van der Waals surface area contributed by atoms with Crippen molar-refractivity contribution in [2.45, 2.75) is 11.3 Å². The van der Waals surface area contributed by atoms with Gasteiger partial charge in [0.2, 0.25) is 0 Å². The highest BCUT2D eigenvalue weighted by molar-refractivity contribution is 7.91. The highest BCUT2D eigenvalue weighted by Crippen LogP contribution is 2.18. The average molecular weight is 263 g/mol. The van der Waals surface area contributed by atoms with E-state index < -0.39 is 9.84 Å². The largest absolute Gasteiger partial charge is 0.396 e. The minimum absolute atomic E-state index is 0.00685. The minimum Gasteiger partial charge on any atom is -0.396 e. The number of nitrogens with zero attached hydrogens (tertiary/aromatic N) is 2. The number of rotatable bonds is 4. The van der Waals surface area contributed by atoms with Gasteiger partial charge < -0.3 is 5.73 Å². The van der Waals surface area contributed by atoms with Gasteiger partial charge in [0, 0.05) is 18.6 Å². The molecule has 2 aromatic heterocycles. The molecule has 0 aliphatic rings. The van der Waals surface area contributed by atoms with Crippen molar-refractivity contribution in [3.8, 4) is 0 Å². The van der Waals surface area contributed by atoms with Crippen LogP contribution in [0.25, 0.3) is 0 Å². The summed E-state index contributed by atoms with van der Waals surface area (Å²) in [4.78, 5) is 7.86. The molecule has 0 bridgehead atoms. The maximum Gasteiger partial charge on any atom is 0.180 e. The molecule has 2 heterocycles. The summed E-state index contributed by atoms with van der Waals surface area (Å²) in [5, 5.41) is 0. The van der Waals surface area contributed by atoms with Gasteiger partial charge in [-0.3, -0.25) is 9.97 Å². The van der Waals surface area contributed by atoms with Gasteiger partial charge in [-0.25, -0.2) is 8.42 Å². The second kappa shape index (κ2) is 5.14. The van der Waals surface area contributed by atoms with Crippen LogP contribution in [0.4, 0.5) is 5.69 Å². The van der Waals surface area contributed by atoms with Crippen molar-refractivity contribution in [1.29, 1.82) is 0 Å². The quantitative estimate of drug-likeness (QED) is 0.891. The first-order valence-corrected chi connectivity index (χ1v) is 7.06. The molecular weight excluding hydrogens is 250 g/mol. The Balaban J connectivity index is 2.16. The summed E-state index contributed by atoms with van der Waals surface area (Å²) in [6.45, 7) is 0. The van der Waals surface area contributed by atoms with Gasteiger partial charge in [0.05, 0.1) is 22.5 Å². The number of anilines is 1. The van der Waals surface area contributed by atoms with Gasteiger partial charge in [-0.05, 0) is 24.1 Å². The fourth-order valence-corrected chi connectivity index (χ4v) is 2.99. The van der Waals surface area contributed by atoms with Crippen molar-refractivity contribution >= 4 is 15.5 Å². The van der Waals surface area contributed by atoms with Crippen LogP contribution < -0.4 is 5.73 Å². The summed E-state index contributed by atoms with van der Waals surface area (Å²) < 4.78 is 24.2. The van der Waals surface area contributed by atoms with Crippen LogP contribution in [-0.2, 0) is 16.3 Å². The lowest BCUT2D eigenvalue weighted by Gasteiger charge is -2.06. The first kappa shape index (κ1) is 12.5. The third-order valence-electron chi connectivity index (χ3n) is 2.53. The Morgan fingerprint density at radius 1 is 1.11 bits per heavy atom. The molecule has 18 heavy (non-hydrogen) atoms. The van der Waals surface area contributed by atoms with E-state index in [0.29, 0.717) is 6.42 Å². The van der Waals surface area contributed by atoms with E-state index in [1.165, 1.54) is 18.5 Å². The van der Waals surface area contributed by atoms with Gasteiger partial charge in [-0.15, -0.1) is 0 Å². The predicted molar refractivity (Wildman–Crippen MR) is 68.6 cm³/mol. The van der Waals surface area contributed by atoms with Crippen molar-refractivity contribution < 1.29 is 8.42 Å². The van der Waals surface area contributed by atoms with E-state index in [0.717, 1.165) is 5.56 Å². The molecule has 2 rings (SSSR count). The molecule has 0 spiro atoms. The molecule has 94 valence electrons. The number of hydrogen-bond acceptors (Lipinski definition) is 5. The van der Waals surface area contributed by atoms with Crippen LogP contribution in [0, 0.1) is 0 Å². The van der Waals surface area contributed by atoms with Crippen LogP contribution in [0.1, 0.15) is 5.56 Å². The maximum absolute atomic E-state index is 12.1. The summed E-state index contributed by atoms with van der Waals surface area (Å²) in [7, 11) is -3.38. The lowest BCUT2D eigenvalue weighted by Crippen LogP contribution is -2.11. The van der Waals surface area contributed by atoms with Crippen molar-refractivity contribution in [3.63, 3.8) is 0 Å². The van der Waals surface area contributed by atoms with E-state index in [1.54, 1.807) is 18.5 Å². The fourth-order valence-electron chi connectivity index (χ4n) is 1.59. The van der Waals surface area contributed by atoms with Gasteiger partial charge in [0.15, 0.2) is 9.84 Å². The maximum atomic E-state index is 12.1. The van der Waals surface area contributed by atoms with E-state index in [-0.39, 0.29) is 16.3 Å². The molecule has 0 aliphatic carbocycles. The molecule has 2 N–H and O–H groups in total. The summed E-state index contributed by atoms with van der Waals surface area (Å²) in [5.74, 6) is 0.00685. The summed E-state index contributed by atoms with van der Waals surface area (Å²) in [6.07, 6.45) is 6.49. The zero-order valence-corrected chi connectivity index (χ0v) is 10.5. The molecule has 0 radical (unpaired) electrons. The standard InChI is InChI=1S/C12H13N3O2S/c13-11-9-15-6-3-12(11)18(16,17)7-4-10-2-1-5-14-8-10/h1-3,5-6,8-9H,4,7,13H2. The Bertz CT molecular complexity index is 627. The number of pyridine rings is 2. The molecule has 0 saturated heterocycles. The number of nitrogens with two attached hydrogens (primary N) is 1. The molecule has 0 fully saturated rings. The van der Waals surface area contributed by atoms with Crippen LogP contribution in [0.15, 0.2) is 47.9 Å². The van der Waals surface area contributed by atoms with Gasteiger partial charge in [-0.1, -0.05) is 6.07 Å². The molecule has 0 saturated carbocycles. The van der Waals surface area contributed by atoms with Gasteiger partial charge in [0.25, 0.3) is 0 Å². The van der Waals surface area contributed by atoms with Crippen LogP contribution in [0.5, 0.6) is 0 Å². The molecule has 0 aliphatic heterocycles. The van der Waals surface area contributed by atoms with Gasteiger partial charge >= 0.3 is 0 Å². The van der Waals surface area contributed by atoms with Gasteiger partial charge in [-0.2, -0.15) is 0 Å². The van der Waals surface area contributed by atoms with Crippen LogP contribution in [0.3, 0.4) is 0 Å². The Labute approximate surface area is 106 Å². The first-order valence-electron chi connectivity index (χ1n) is 5.41. The Morgan fingerprint density at radius 2 is 1.89 bits per heavy atom. The van der Waals surface area contributed by atoms with E-state index in [2.05, 4.69) is 9.97 Å². The van der Waals surface area contributed by atoms with E-state index in [1.807, 2.05) is 6.07 Å². The second-order valence-corrected chi connectivity index (χ2v) is 5.92. The van der Waals surface area contributed by atoms with Crippen molar-refractivity contribution in [2.75, 3.05) is 11.5 Å². The number of sulfone groups is 1. The Morgan fingerprint density at radius 3 is 2.56 bits per heavy atom. The monoisotopic (exact) mass is 263 g/mol. The summed E-state index contributed by atoms with van der Waals surface area (Å²) in [6, 6.07) is 5.05. The molecule has 0 amide bonds. The number of aromatic nitrogens is 2. The fraction of sp³-hybridized carbons (Fsp3) is 0.167. The first-order chi connectivity index (χ1) is 8.59. The number of aryl methyl sites for hydroxylation is 1. The Hall–Kier alpha value is -1.95. The normalized spacial score (nSPS) is 11.3. The predicted octanol–water partition coefficient (Wildman–Crippen LogP) is 1.08. The third kappa shape index (κ3) is 2.84. The highest BCUT2D eigenvalue weighted by Gasteiger charge is 2.17. The van der Waals surface area contributed by atoms with E-state index in [9.17, 15) is 8.42 Å². The van der Waals surface area contributed by atoms with E-state index >= 15 is 0 Å². The number of nitrogen functional groups attached to an aromatic ring is 1. The molecule has 0 atom stereocenters. The lowest BCUT2D eigenvalue weighted by molar-refractivity contribution is 0.595. The minimum atomic E-state index is -3.38. The molecule has 0 aromatic carbocycles. The summed E-state index contributed by atoms with van der Waals surface area (Å²) in [5.41, 5.74) is 6.69. The van der Waals surface area contributed by atoms with E-state index in [4.69, 9.17) is 5.73 Å². The molecular formula is C12H13N3O2S. The van der Waals surface area contributed by atoms with Crippen LogP contribution in [0.2, 0.25) is 0 Å². The SMILES string of the molecule is Nc1cnccc1S(=O)(=O)CCc1cccnc1. The Kier molecular flexibility index (Phi) is 3.57. The zero-order valence-electron chi connectivity index (χ0n) is 9.65. The van der Waals surface area contributed by atoms with Crippen LogP contribution in [-0.4, -0.2) is 24.1 Å². The van der Waals surface area contributed by atoms with Gasteiger partial charge in [0.1, 0.15) is 0 Å². The highest BCUT2D eigenvalue weighted by atomic mass is 32.2. The average Bonchev–Trinajstić information content (AvgIpc) is 2.38. The van der Waals surface area contributed by atoms with Crippen molar-refractivity contribution in [3.05, 3.63) is 48.5 Å².